The van der Waals surface area contributed by atoms with Crippen LogP contribution in [0.1, 0.15) is 73.9 Å². The zero-order chi connectivity index (χ0) is 46.5. The molecular formula is C48H61BrN12O4S2. The van der Waals surface area contributed by atoms with E-state index < -0.39 is 20.0 Å². The van der Waals surface area contributed by atoms with Gasteiger partial charge in [0, 0.05) is 124 Å². The van der Waals surface area contributed by atoms with Crippen molar-refractivity contribution in [3.63, 3.8) is 0 Å². The van der Waals surface area contributed by atoms with Gasteiger partial charge < -0.3 is 10.6 Å². The molecule has 4 aliphatic carbocycles. The molecule has 4 fully saturated rings. The van der Waals surface area contributed by atoms with Crippen LogP contribution >= 0.6 is 15.9 Å². The summed E-state index contributed by atoms with van der Waals surface area (Å²) in [7, 11) is -4.22. The van der Waals surface area contributed by atoms with Crippen LogP contribution in [0.4, 0.5) is 11.6 Å². The van der Waals surface area contributed by atoms with Crippen molar-refractivity contribution in [2.75, 3.05) is 75.5 Å². The summed E-state index contributed by atoms with van der Waals surface area (Å²) in [6, 6.07) is 14.9. The Balaban J connectivity index is 0.000000159. The number of hydrogen-bond acceptors (Lipinski definition) is 13. The van der Waals surface area contributed by atoms with Gasteiger partial charge in [-0.25, -0.2) is 36.8 Å². The minimum absolute atomic E-state index is 0.378. The van der Waals surface area contributed by atoms with Gasteiger partial charge in [0.1, 0.15) is 24.3 Å². The Kier molecular flexibility index (Phi) is 13.3. The Morgan fingerprint density at radius 2 is 1.04 bits per heavy atom. The van der Waals surface area contributed by atoms with Gasteiger partial charge in [-0.3, -0.25) is 14.5 Å². The molecule has 0 radical (unpaired) electrons. The van der Waals surface area contributed by atoms with Crippen LogP contribution in [-0.4, -0.2) is 154 Å². The van der Waals surface area contributed by atoms with Gasteiger partial charge in [0.25, 0.3) is 0 Å². The van der Waals surface area contributed by atoms with E-state index in [1.165, 1.54) is 34.8 Å². The molecule has 2 aliphatic heterocycles. The third-order valence-corrected chi connectivity index (χ3v) is 18.0. The number of hydrogen-bond donors (Lipinski definition) is 2. The van der Waals surface area contributed by atoms with Crippen LogP contribution in [0.15, 0.2) is 65.9 Å². The first kappa shape index (κ1) is 46.4. The van der Waals surface area contributed by atoms with E-state index in [9.17, 15) is 16.8 Å². The van der Waals surface area contributed by atoms with Gasteiger partial charge in [0.05, 0.1) is 30.1 Å². The highest BCUT2D eigenvalue weighted by atomic mass is 79.9. The molecule has 356 valence electrons. The van der Waals surface area contributed by atoms with E-state index in [1.807, 2.05) is 24.1 Å². The van der Waals surface area contributed by atoms with Crippen molar-refractivity contribution in [1.29, 1.82) is 0 Å². The van der Waals surface area contributed by atoms with Crippen LogP contribution in [0.25, 0.3) is 33.4 Å². The molecule has 2 saturated heterocycles. The second-order valence-corrected chi connectivity index (χ2v) is 24.1. The highest BCUT2D eigenvalue weighted by Gasteiger charge is 2.34. The number of aromatic nitrogens is 6. The maximum absolute atomic E-state index is 11.8. The number of rotatable bonds is 9. The standard InChI is InChI=1S/C26H33N7O2S.C22H28BrN5O2S/c1-31-16-20(15-29-31)18-3-4-19-14-24-25(23(19)13-18)26(28-17-27-24)30-21-5-7-22(8-6-21)32-9-11-33(12-10-32)36(2,34)35;1-31(29,30)28-10-8-27(9-11-28)18-6-4-17(5-7-18)26-22-21-19-13-16(23)3-2-15(19)12-20(21)24-14-25-22/h3-4,13,15-17,21-22H,5-12,14H2,1-2H3,(H,27,28,30);2-3,13-14,17-18H,4-12H2,1H3,(H,24,25,26). The number of fused-ring (bicyclic) bond motifs is 6. The number of piperazine rings is 2. The monoisotopic (exact) mass is 1010 g/mol. The largest absolute Gasteiger partial charge is 0.367 e. The van der Waals surface area contributed by atoms with Crippen LogP contribution in [0, 0.1) is 0 Å². The molecule has 19 heteroatoms. The molecule has 2 N–H and O–H groups in total. The van der Waals surface area contributed by atoms with Crippen molar-refractivity contribution in [1.82, 2.24) is 48.1 Å². The fourth-order valence-corrected chi connectivity index (χ4v) is 13.3. The number of nitrogens with one attached hydrogen (secondary N) is 2. The van der Waals surface area contributed by atoms with E-state index in [-0.39, 0.29) is 0 Å². The lowest BCUT2D eigenvalue weighted by Crippen LogP contribution is -2.52. The number of halogens is 1. The summed E-state index contributed by atoms with van der Waals surface area (Å²) in [6.07, 6.45) is 20.5. The third-order valence-electron chi connectivity index (χ3n) is 14.9. The molecule has 0 bridgehead atoms. The number of anilines is 2. The Morgan fingerprint density at radius 3 is 1.49 bits per heavy atom. The van der Waals surface area contributed by atoms with E-state index in [0.29, 0.717) is 50.3 Å². The molecule has 0 atom stereocenters. The molecule has 6 aliphatic rings. The molecule has 5 heterocycles. The minimum Gasteiger partial charge on any atom is -0.367 e. The zero-order valence-corrected chi connectivity index (χ0v) is 41.8. The quantitative estimate of drug-likeness (QED) is 0.176. The minimum atomic E-state index is -3.09. The molecule has 67 heavy (non-hydrogen) atoms. The van der Waals surface area contributed by atoms with Crippen molar-refractivity contribution in [3.8, 4) is 33.4 Å². The van der Waals surface area contributed by atoms with Crippen molar-refractivity contribution in [2.45, 2.75) is 88.4 Å². The molecule has 0 amide bonds. The topological polar surface area (TPSA) is 175 Å². The van der Waals surface area contributed by atoms with Crippen LogP contribution in [0.2, 0.25) is 0 Å². The average molecular weight is 1010 g/mol. The highest BCUT2D eigenvalue weighted by Crippen LogP contribution is 2.43. The smallest absolute Gasteiger partial charge is 0.211 e. The fourth-order valence-electron chi connectivity index (χ4n) is 11.3. The van der Waals surface area contributed by atoms with Crippen LogP contribution in [0.5, 0.6) is 0 Å². The van der Waals surface area contributed by atoms with Gasteiger partial charge >= 0.3 is 0 Å². The number of aryl methyl sites for hydroxylation is 1. The van der Waals surface area contributed by atoms with Crippen molar-refractivity contribution in [2.24, 2.45) is 7.05 Å². The van der Waals surface area contributed by atoms with E-state index in [2.05, 4.69) is 97.8 Å². The molecular weight excluding hydrogens is 953 g/mol. The Hall–Kier alpha value is -4.37. The SMILES string of the molecule is CS(=O)(=O)N1CCN(C2CCC(Nc3ncnc4c3-c3cc(Br)ccc3C4)CC2)CC1.Cn1cc(-c2ccc3c(c2)-c2c(ncnc2NC2CCC(N4CCN(S(C)(=O)=O)CC4)CC2)C3)cn1. The van der Waals surface area contributed by atoms with Crippen molar-refractivity contribution >= 4 is 47.6 Å². The second-order valence-electron chi connectivity index (χ2n) is 19.2. The summed E-state index contributed by atoms with van der Waals surface area (Å²) < 4.78 is 53.2. The first-order valence-electron chi connectivity index (χ1n) is 23.7. The molecule has 5 aromatic rings. The van der Waals surface area contributed by atoms with E-state index in [4.69, 9.17) is 0 Å². The molecule has 11 rings (SSSR count). The van der Waals surface area contributed by atoms with Gasteiger partial charge in [0.2, 0.25) is 20.0 Å². The lowest BCUT2D eigenvalue weighted by Gasteiger charge is -2.41. The molecule has 3 aromatic heterocycles. The van der Waals surface area contributed by atoms with Gasteiger partial charge in [-0.05, 0) is 97.4 Å². The maximum Gasteiger partial charge on any atom is 0.211 e. The lowest BCUT2D eigenvalue weighted by atomic mass is 9.89. The second kappa shape index (κ2) is 19.2. The number of sulfonamides is 2. The summed E-state index contributed by atoms with van der Waals surface area (Å²) in [5.74, 6) is 1.89. The van der Waals surface area contributed by atoms with E-state index in [1.54, 1.807) is 21.3 Å². The fraction of sp³-hybridized carbons (Fsp3) is 0.521. The Labute approximate surface area is 403 Å². The highest BCUT2D eigenvalue weighted by molar-refractivity contribution is 9.10. The first-order valence-corrected chi connectivity index (χ1v) is 28.2. The first-order chi connectivity index (χ1) is 32.2. The van der Waals surface area contributed by atoms with Crippen molar-refractivity contribution < 1.29 is 16.8 Å². The Bertz CT molecular complexity index is 2830. The molecule has 2 saturated carbocycles. The van der Waals surface area contributed by atoms with Crippen LogP contribution < -0.4 is 10.6 Å². The number of nitrogens with zero attached hydrogens (tertiary/aromatic N) is 10. The summed E-state index contributed by atoms with van der Waals surface area (Å²) in [5, 5.41) is 11.8. The maximum atomic E-state index is 11.8. The van der Waals surface area contributed by atoms with Gasteiger partial charge in [0.15, 0.2) is 0 Å². The summed E-state index contributed by atoms with van der Waals surface area (Å²) in [4.78, 5) is 23.4. The predicted molar refractivity (Wildman–Crippen MR) is 266 cm³/mol. The molecule has 2 aromatic carbocycles. The summed E-state index contributed by atoms with van der Waals surface area (Å²) in [6.45, 7) is 5.74. The molecule has 16 nitrogen and oxygen atoms in total. The molecule has 0 spiro atoms. The van der Waals surface area contributed by atoms with Crippen molar-refractivity contribution in [3.05, 3.63) is 88.4 Å². The summed E-state index contributed by atoms with van der Waals surface area (Å²) in [5.41, 5.74) is 11.8. The number of benzene rings is 2. The Morgan fingerprint density at radius 1 is 0.582 bits per heavy atom. The zero-order valence-electron chi connectivity index (χ0n) is 38.6. The van der Waals surface area contributed by atoms with Crippen LogP contribution in [0.3, 0.4) is 0 Å². The van der Waals surface area contributed by atoms with Gasteiger partial charge in [-0.1, -0.05) is 34.1 Å². The normalized spacial score (nSPS) is 23.6. The van der Waals surface area contributed by atoms with Crippen LogP contribution in [-0.2, 0) is 39.9 Å². The summed E-state index contributed by atoms with van der Waals surface area (Å²) >= 11 is 3.60. The molecule has 0 unspecified atom stereocenters. The van der Waals surface area contributed by atoms with Gasteiger partial charge in [-0.2, -0.15) is 13.7 Å². The average Bonchev–Trinajstić information content (AvgIpc) is 4.04. The van der Waals surface area contributed by atoms with E-state index in [0.717, 1.165) is 140 Å². The van der Waals surface area contributed by atoms with Gasteiger partial charge in [-0.15, -0.1) is 0 Å². The predicted octanol–water partition coefficient (Wildman–Crippen LogP) is 5.86. The van der Waals surface area contributed by atoms with E-state index >= 15 is 0 Å². The third kappa shape index (κ3) is 10.2. The lowest BCUT2D eigenvalue weighted by molar-refractivity contribution is 0.109.